The Morgan fingerprint density at radius 1 is 1.29 bits per heavy atom. The molecule has 5 atom stereocenters. The van der Waals surface area contributed by atoms with Crippen LogP contribution in [0, 0.1) is 0 Å². The van der Waals surface area contributed by atoms with Crippen LogP contribution in [0.1, 0.15) is 64.7 Å². The molecular formula is C24H35N5O5S. The largest absolute Gasteiger partial charge is 0.444 e. The lowest BCUT2D eigenvalue weighted by Crippen LogP contribution is -2.52. The molecule has 1 amide bonds. The van der Waals surface area contributed by atoms with Crippen LogP contribution in [-0.2, 0) is 18.9 Å². The van der Waals surface area contributed by atoms with E-state index in [0.29, 0.717) is 18.2 Å². The molecule has 2 aliphatic heterocycles. The molecule has 2 aliphatic rings. The molecule has 2 N–H and O–H groups in total. The van der Waals surface area contributed by atoms with Gasteiger partial charge in [0, 0.05) is 6.42 Å². The van der Waals surface area contributed by atoms with Gasteiger partial charge >= 0.3 is 6.09 Å². The monoisotopic (exact) mass is 505 g/mol. The summed E-state index contributed by atoms with van der Waals surface area (Å²) in [5.74, 6) is -0.631. The first-order valence-corrected chi connectivity index (χ1v) is 12.9. The van der Waals surface area contributed by atoms with Gasteiger partial charge in [0.25, 0.3) is 0 Å². The van der Waals surface area contributed by atoms with Gasteiger partial charge in [-0.1, -0.05) is 42.1 Å². The molecule has 11 heteroatoms. The van der Waals surface area contributed by atoms with Crippen molar-refractivity contribution in [2.75, 3.05) is 6.61 Å². The van der Waals surface area contributed by atoms with Gasteiger partial charge in [0.05, 0.1) is 36.2 Å². The number of carbonyl (C=O) groups excluding carboxylic acids is 1. The molecule has 2 aromatic rings. The number of aromatic nitrogens is 4. The van der Waals surface area contributed by atoms with E-state index < -0.39 is 17.5 Å². The van der Waals surface area contributed by atoms with Gasteiger partial charge in [-0.05, 0) is 58.2 Å². The van der Waals surface area contributed by atoms with Crippen LogP contribution in [0.2, 0.25) is 0 Å². The van der Waals surface area contributed by atoms with Gasteiger partial charge in [-0.25, -0.2) is 4.79 Å². The minimum absolute atomic E-state index is 0.0454. The van der Waals surface area contributed by atoms with Gasteiger partial charge in [0.1, 0.15) is 5.60 Å². The van der Waals surface area contributed by atoms with Crippen LogP contribution < -0.4 is 5.32 Å². The van der Waals surface area contributed by atoms with E-state index in [-0.39, 0.29) is 29.6 Å². The zero-order valence-electron chi connectivity index (χ0n) is 20.9. The highest BCUT2D eigenvalue weighted by atomic mass is 32.2. The number of nitrogens with one attached hydrogen (secondary N) is 2. The Morgan fingerprint density at radius 2 is 2.06 bits per heavy atom. The highest BCUT2D eigenvalue weighted by molar-refractivity contribution is 7.99. The average Bonchev–Trinajstić information content (AvgIpc) is 3.41. The Labute approximate surface area is 210 Å². The SMILES string of the molecule is CC(C)(C)OC(=O)N[C@@H]1CC[C@@H](C(Sc2nn[nH]n2)c2ccccc2)O[C@@H]1C[C@@H]1COC(C)(C)O1. The fourth-order valence-corrected chi connectivity index (χ4v) is 5.49. The number of hydrogen-bond acceptors (Lipinski definition) is 9. The predicted molar refractivity (Wildman–Crippen MR) is 130 cm³/mol. The summed E-state index contributed by atoms with van der Waals surface area (Å²) < 4.78 is 24.1. The summed E-state index contributed by atoms with van der Waals surface area (Å²) in [5.41, 5.74) is 0.537. The number of ether oxygens (including phenoxy) is 4. The quantitative estimate of drug-likeness (QED) is 0.538. The summed E-state index contributed by atoms with van der Waals surface area (Å²) in [6.45, 7) is 9.84. The summed E-state index contributed by atoms with van der Waals surface area (Å²) >= 11 is 1.51. The van der Waals surface area contributed by atoms with E-state index in [0.717, 1.165) is 18.4 Å². The normalized spacial score (nSPS) is 27.3. The van der Waals surface area contributed by atoms with Crippen LogP contribution in [-0.4, -0.2) is 69.1 Å². The number of thioether (sulfide) groups is 1. The third-order valence-corrected chi connectivity index (χ3v) is 7.06. The number of nitrogens with zero attached hydrogens (tertiary/aromatic N) is 3. The van der Waals surface area contributed by atoms with Crippen LogP contribution in [0.5, 0.6) is 0 Å². The van der Waals surface area contributed by atoms with Crippen LogP contribution >= 0.6 is 11.8 Å². The van der Waals surface area contributed by atoms with Crippen molar-refractivity contribution in [1.82, 2.24) is 25.9 Å². The molecule has 4 rings (SSSR count). The fourth-order valence-electron chi connectivity index (χ4n) is 4.44. The Bertz CT molecular complexity index is 953. The summed E-state index contributed by atoms with van der Waals surface area (Å²) in [7, 11) is 0. The number of H-pyrrole nitrogens is 1. The molecule has 1 aromatic carbocycles. The second-order valence-corrected chi connectivity index (χ2v) is 11.5. The van der Waals surface area contributed by atoms with Crippen LogP contribution in [0.15, 0.2) is 35.5 Å². The summed E-state index contributed by atoms with van der Waals surface area (Å²) in [4.78, 5) is 12.6. The minimum atomic E-state index is -0.631. The van der Waals surface area contributed by atoms with Gasteiger partial charge in [-0.2, -0.15) is 5.21 Å². The van der Waals surface area contributed by atoms with Crippen molar-refractivity contribution in [1.29, 1.82) is 0 Å². The second-order valence-electron chi connectivity index (χ2n) is 10.4. The van der Waals surface area contributed by atoms with Gasteiger partial charge in [0.15, 0.2) is 5.79 Å². The molecule has 192 valence electrons. The lowest BCUT2D eigenvalue weighted by Gasteiger charge is -2.40. The Hall–Kier alpha value is -2.21. The lowest BCUT2D eigenvalue weighted by molar-refractivity contribution is -0.148. The fraction of sp³-hybridized carbons (Fsp3) is 0.667. The molecule has 10 nitrogen and oxygen atoms in total. The number of carbonyl (C=O) groups is 1. The maximum Gasteiger partial charge on any atom is 0.407 e. The molecule has 0 bridgehead atoms. The Kier molecular flexibility index (Phi) is 7.99. The zero-order valence-corrected chi connectivity index (χ0v) is 21.7. The van der Waals surface area contributed by atoms with Crippen molar-refractivity contribution in [3.8, 4) is 0 Å². The van der Waals surface area contributed by atoms with E-state index in [1.165, 1.54) is 11.8 Å². The molecule has 3 heterocycles. The number of aromatic amines is 1. The topological polar surface area (TPSA) is 120 Å². The van der Waals surface area contributed by atoms with Crippen LogP contribution in [0.25, 0.3) is 0 Å². The van der Waals surface area contributed by atoms with Gasteiger partial charge in [0.2, 0.25) is 5.16 Å². The number of rotatable bonds is 7. The van der Waals surface area contributed by atoms with Gasteiger partial charge in [-0.15, -0.1) is 10.2 Å². The van der Waals surface area contributed by atoms with E-state index >= 15 is 0 Å². The first-order valence-electron chi connectivity index (χ1n) is 12.0. The number of hydrogen-bond donors (Lipinski definition) is 2. The number of amides is 1. The first-order chi connectivity index (χ1) is 16.6. The van der Waals surface area contributed by atoms with E-state index in [1.54, 1.807) is 0 Å². The standard InChI is InChI=1S/C24H35N5O5S/c1-23(2,3)34-22(30)25-17-11-12-18(32-19(17)13-16-14-31-24(4,5)33-16)20(15-9-7-6-8-10-15)35-21-26-28-29-27-21/h6-10,16-20H,11-14H2,1-5H3,(H,25,30)(H,26,27,28,29)/t16-,17-,18+,19-,20?/m1/s1. The van der Waals surface area contributed by atoms with Crippen molar-refractivity contribution < 1.29 is 23.7 Å². The Balaban J connectivity index is 1.52. The second kappa shape index (κ2) is 10.8. The maximum atomic E-state index is 12.6. The molecule has 0 spiro atoms. The molecular weight excluding hydrogens is 470 g/mol. The summed E-state index contributed by atoms with van der Waals surface area (Å²) in [6, 6.07) is 9.97. The van der Waals surface area contributed by atoms with E-state index in [1.807, 2.05) is 52.8 Å². The molecule has 0 radical (unpaired) electrons. The maximum absolute atomic E-state index is 12.6. The summed E-state index contributed by atoms with van der Waals surface area (Å²) in [6.07, 6.45) is 1.10. The van der Waals surface area contributed by atoms with Gasteiger partial charge < -0.3 is 24.3 Å². The van der Waals surface area contributed by atoms with Crippen LogP contribution in [0.3, 0.4) is 0 Å². The molecule has 0 saturated carbocycles. The summed E-state index contributed by atoms with van der Waals surface area (Å²) in [5, 5.41) is 18.0. The molecule has 2 fully saturated rings. The number of tetrazole rings is 1. The lowest BCUT2D eigenvalue weighted by atomic mass is 9.92. The number of benzene rings is 1. The Morgan fingerprint density at radius 3 is 2.69 bits per heavy atom. The third-order valence-electron chi connectivity index (χ3n) is 5.85. The molecule has 35 heavy (non-hydrogen) atoms. The average molecular weight is 506 g/mol. The zero-order chi connectivity index (χ0) is 25.1. The van der Waals surface area contributed by atoms with E-state index in [2.05, 4.69) is 38.1 Å². The smallest absolute Gasteiger partial charge is 0.407 e. The minimum Gasteiger partial charge on any atom is -0.444 e. The molecule has 2 saturated heterocycles. The van der Waals surface area contributed by atoms with Crippen molar-refractivity contribution in [3.63, 3.8) is 0 Å². The molecule has 1 unspecified atom stereocenters. The van der Waals surface area contributed by atoms with Crippen molar-refractivity contribution in [2.24, 2.45) is 0 Å². The molecule has 1 aromatic heterocycles. The van der Waals surface area contributed by atoms with Crippen LogP contribution in [0.4, 0.5) is 4.79 Å². The van der Waals surface area contributed by atoms with Crippen molar-refractivity contribution >= 4 is 17.9 Å². The van der Waals surface area contributed by atoms with E-state index in [9.17, 15) is 4.79 Å². The highest BCUT2D eigenvalue weighted by Gasteiger charge is 2.41. The third kappa shape index (κ3) is 7.39. The van der Waals surface area contributed by atoms with Crippen molar-refractivity contribution in [3.05, 3.63) is 35.9 Å². The highest BCUT2D eigenvalue weighted by Crippen LogP contribution is 2.42. The van der Waals surface area contributed by atoms with E-state index in [4.69, 9.17) is 18.9 Å². The van der Waals surface area contributed by atoms with Gasteiger partial charge in [-0.3, -0.25) is 0 Å². The predicted octanol–water partition coefficient (Wildman–Crippen LogP) is 4.02. The first kappa shape index (κ1) is 25.9. The molecule has 0 aliphatic carbocycles. The number of alkyl carbamates (subject to hydrolysis) is 1. The van der Waals surface area contributed by atoms with Crippen molar-refractivity contribution in [2.45, 2.75) is 100 Å².